The van der Waals surface area contributed by atoms with Crippen LogP contribution in [-0.2, 0) is 30.2 Å². The number of benzene rings is 2. The van der Waals surface area contributed by atoms with Crippen LogP contribution in [0.4, 0.5) is 0 Å². The van der Waals surface area contributed by atoms with Crippen LogP contribution in [0.2, 0.25) is 0 Å². The summed E-state index contributed by atoms with van der Waals surface area (Å²) in [5, 5.41) is 0. The van der Waals surface area contributed by atoms with Gasteiger partial charge in [0.15, 0.2) is 46.8 Å². The zero-order valence-corrected chi connectivity index (χ0v) is 25.4. The van der Waals surface area contributed by atoms with Crippen molar-refractivity contribution in [3.05, 3.63) is 47.5 Å². The number of ether oxygens (including phenoxy) is 4. The highest BCUT2D eigenvalue weighted by Crippen LogP contribution is 2.47. The number of methoxy groups -OCH3 is 4. The fraction of sp³-hybridized carbons (Fsp3) is 0.571. The number of sulfone groups is 2. The highest BCUT2D eigenvalue weighted by atomic mass is 32.3. The molecule has 3 rings (SSSR count). The van der Waals surface area contributed by atoms with Gasteiger partial charge in [-0.1, -0.05) is 12.1 Å². The molecule has 2 aromatic rings. The van der Waals surface area contributed by atoms with Crippen LogP contribution in [0, 0.1) is 0 Å². The molecule has 11 heteroatoms. The number of rotatable bonds is 13. The Kier molecular flexibility index (Phi) is 10.2. The second kappa shape index (κ2) is 12.8. The summed E-state index contributed by atoms with van der Waals surface area (Å²) in [6, 6.07) is 10.7. The Morgan fingerprint density at radius 3 is 1.92 bits per heavy atom. The molecule has 0 aromatic heterocycles. The van der Waals surface area contributed by atoms with Crippen molar-refractivity contribution in [2.24, 2.45) is 0 Å². The Balaban J connectivity index is 1.77. The first kappa shape index (κ1) is 31.0. The van der Waals surface area contributed by atoms with E-state index in [0.717, 1.165) is 18.4 Å². The summed E-state index contributed by atoms with van der Waals surface area (Å²) in [5.74, 6) is 1.74. The van der Waals surface area contributed by atoms with Gasteiger partial charge in [-0.3, -0.25) is 0 Å². The van der Waals surface area contributed by atoms with Crippen molar-refractivity contribution in [3.63, 3.8) is 0 Å². The van der Waals surface area contributed by atoms with Crippen molar-refractivity contribution in [1.29, 1.82) is 0 Å². The Morgan fingerprint density at radius 2 is 1.36 bits per heavy atom. The zero-order chi connectivity index (χ0) is 28.8. The van der Waals surface area contributed by atoms with Crippen LogP contribution in [0.1, 0.15) is 43.7 Å². The molecule has 0 saturated carbocycles. The second-order valence-corrected chi connectivity index (χ2v) is 14.9. The minimum atomic E-state index is -3.99. The molecule has 2 aromatic carbocycles. The Hall–Kier alpha value is -2.50. The van der Waals surface area contributed by atoms with E-state index in [1.807, 2.05) is 25.2 Å². The summed E-state index contributed by atoms with van der Waals surface area (Å²) in [5.41, 5.74) is 1.34. The first-order valence-corrected chi connectivity index (χ1v) is 16.3. The molecule has 1 aliphatic heterocycles. The van der Waals surface area contributed by atoms with E-state index < -0.39 is 23.8 Å². The molecule has 218 valence electrons. The molecule has 1 fully saturated rings. The molecule has 0 bridgehead atoms. The van der Waals surface area contributed by atoms with Crippen molar-refractivity contribution in [1.82, 2.24) is 4.90 Å². The lowest BCUT2D eigenvalue weighted by atomic mass is 10.0. The van der Waals surface area contributed by atoms with Crippen LogP contribution >= 0.6 is 0 Å². The van der Waals surface area contributed by atoms with Gasteiger partial charge in [0.25, 0.3) is 0 Å². The van der Waals surface area contributed by atoms with Crippen molar-refractivity contribution >= 4 is 19.7 Å². The molecule has 1 atom stereocenters. The maximum atomic E-state index is 13.6. The standard InChI is InChI=1S/C28H41NO8S2/c1-21(9-10-22-11-13-24(34-3)26(19-22)36-5)29(2)16-7-15-28(38(30,31)17-8-18-39(28,32)33)23-12-14-25(35-4)27(20-23)37-6/h11-14,19-21H,7-10,15-18H2,1-6H3. The van der Waals surface area contributed by atoms with E-state index >= 15 is 0 Å². The quantitative estimate of drug-likeness (QED) is 0.348. The number of nitrogens with zero attached hydrogens (tertiary/aromatic N) is 1. The highest BCUT2D eigenvalue weighted by Gasteiger charge is 2.57. The van der Waals surface area contributed by atoms with E-state index in [1.165, 1.54) is 26.4 Å². The number of hydrogen-bond donors (Lipinski definition) is 0. The summed E-state index contributed by atoms with van der Waals surface area (Å²) < 4.78 is 73.6. The van der Waals surface area contributed by atoms with Gasteiger partial charge < -0.3 is 23.8 Å². The van der Waals surface area contributed by atoms with Crippen molar-refractivity contribution in [3.8, 4) is 23.0 Å². The van der Waals surface area contributed by atoms with E-state index in [-0.39, 0.29) is 36.0 Å². The largest absolute Gasteiger partial charge is 0.493 e. The summed E-state index contributed by atoms with van der Waals surface area (Å²) in [7, 11) is 0.126. The molecule has 0 aliphatic carbocycles. The summed E-state index contributed by atoms with van der Waals surface area (Å²) in [6.07, 6.45) is 2.16. The Labute approximate surface area is 233 Å². The van der Waals surface area contributed by atoms with Crippen molar-refractivity contribution in [2.75, 3.05) is 53.5 Å². The second-order valence-electron chi connectivity index (χ2n) is 9.98. The lowest BCUT2D eigenvalue weighted by molar-refractivity contribution is 0.240. The summed E-state index contributed by atoms with van der Waals surface area (Å²) >= 11 is 0. The smallest absolute Gasteiger partial charge is 0.198 e. The normalized spacial score (nSPS) is 18.3. The molecule has 0 radical (unpaired) electrons. The molecule has 0 N–H and O–H groups in total. The predicted molar refractivity (Wildman–Crippen MR) is 153 cm³/mol. The van der Waals surface area contributed by atoms with Gasteiger partial charge in [-0.2, -0.15) is 0 Å². The average molecular weight is 584 g/mol. The minimum absolute atomic E-state index is 0.0279. The van der Waals surface area contributed by atoms with Crippen LogP contribution in [0.25, 0.3) is 0 Å². The molecule has 1 saturated heterocycles. The third kappa shape index (κ3) is 6.30. The zero-order valence-electron chi connectivity index (χ0n) is 23.7. The molecule has 39 heavy (non-hydrogen) atoms. The predicted octanol–water partition coefficient (Wildman–Crippen LogP) is 3.84. The lowest BCUT2D eigenvalue weighted by Crippen LogP contribution is -2.50. The van der Waals surface area contributed by atoms with E-state index in [9.17, 15) is 16.8 Å². The summed E-state index contributed by atoms with van der Waals surface area (Å²) in [4.78, 5) is 2.14. The van der Waals surface area contributed by atoms with Crippen LogP contribution in [0.5, 0.6) is 23.0 Å². The molecular weight excluding hydrogens is 542 g/mol. The molecule has 0 spiro atoms. The number of hydrogen-bond acceptors (Lipinski definition) is 9. The lowest BCUT2D eigenvalue weighted by Gasteiger charge is -2.37. The SMILES string of the molecule is COc1ccc(CCC(C)N(C)CCCC2(c3ccc(OC)c(OC)c3)S(=O)(=O)CCCS2(=O)=O)cc1OC. The summed E-state index contributed by atoms with van der Waals surface area (Å²) in [6.45, 7) is 2.66. The first-order valence-electron chi connectivity index (χ1n) is 13.0. The van der Waals surface area contributed by atoms with Gasteiger partial charge in [0.2, 0.25) is 0 Å². The van der Waals surface area contributed by atoms with Gasteiger partial charge in [-0.15, -0.1) is 0 Å². The average Bonchev–Trinajstić information content (AvgIpc) is 2.92. The van der Waals surface area contributed by atoms with Crippen LogP contribution in [0.15, 0.2) is 36.4 Å². The van der Waals surface area contributed by atoms with Gasteiger partial charge in [0.1, 0.15) is 0 Å². The van der Waals surface area contributed by atoms with Crippen molar-refractivity contribution < 1.29 is 35.8 Å². The van der Waals surface area contributed by atoms with E-state index in [4.69, 9.17) is 18.9 Å². The van der Waals surface area contributed by atoms with Crippen LogP contribution < -0.4 is 18.9 Å². The fourth-order valence-electron chi connectivity index (χ4n) is 5.26. The molecule has 1 aliphatic rings. The van der Waals surface area contributed by atoms with E-state index in [2.05, 4.69) is 11.8 Å². The first-order chi connectivity index (χ1) is 18.5. The van der Waals surface area contributed by atoms with Crippen molar-refractivity contribution in [2.45, 2.75) is 49.1 Å². The van der Waals surface area contributed by atoms with Gasteiger partial charge in [0.05, 0.1) is 39.9 Å². The molecule has 1 heterocycles. The molecular formula is C28H41NO8S2. The Morgan fingerprint density at radius 1 is 0.821 bits per heavy atom. The number of aryl methyl sites for hydroxylation is 1. The highest BCUT2D eigenvalue weighted by molar-refractivity contribution is 8.10. The molecule has 9 nitrogen and oxygen atoms in total. The van der Waals surface area contributed by atoms with Gasteiger partial charge in [-0.05, 0) is 88.0 Å². The third-order valence-electron chi connectivity index (χ3n) is 7.72. The van der Waals surface area contributed by atoms with Crippen LogP contribution in [-0.4, -0.2) is 81.3 Å². The third-order valence-corrected chi connectivity index (χ3v) is 13.8. The van der Waals surface area contributed by atoms with Gasteiger partial charge in [-0.25, -0.2) is 16.8 Å². The van der Waals surface area contributed by atoms with Gasteiger partial charge in [0, 0.05) is 6.04 Å². The minimum Gasteiger partial charge on any atom is -0.493 e. The fourth-order valence-corrected chi connectivity index (χ4v) is 11.1. The monoisotopic (exact) mass is 583 g/mol. The maximum absolute atomic E-state index is 13.6. The van der Waals surface area contributed by atoms with Gasteiger partial charge >= 0.3 is 0 Å². The Bertz CT molecular complexity index is 1310. The molecule has 1 unspecified atom stereocenters. The maximum Gasteiger partial charge on any atom is 0.198 e. The topological polar surface area (TPSA) is 108 Å². The van der Waals surface area contributed by atoms with E-state index in [0.29, 0.717) is 36.0 Å². The molecule has 0 amide bonds. The van der Waals surface area contributed by atoms with E-state index in [1.54, 1.807) is 20.3 Å². The van der Waals surface area contributed by atoms with Crippen LogP contribution in [0.3, 0.4) is 0 Å².